The number of ether oxygens (including phenoxy) is 1. The topological polar surface area (TPSA) is 32.8 Å². The fourth-order valence-corrected chi connectivity index (χ4v) is 0.857. The lowest BCUT2D eigenvalue weighted by Gasteiger charge is -2.27. The number of hydrogen-bond donors (Lipinski definition) is 0. The van der Waals surface area contributed by atoms with Gasteiger partial charge in [-0.3, -0.25) is 0 Å². The summed E-state index contributed by atoms with van der Waals surface area (Å²) in [4.78, 5) is 14.6. The predicted octanol–water partition coefficient (Wildman–Crippen LogP) is 0.635. The van der Waals surface area contributed by atoms with Crippen molar-refractivity contribution in [3.05, 3.63) is 0 Å². The van der Waals surface area contributed by atoms with E-state index in [-0.39, 0.29) is 12.1 Å². The Hall–Kier alpha value is -0.770. The molecule has 0 aromatic heterocycles. The summed E-state index contributed by atoms with van der Waals surface area (Å²) >= 11 is 0. The molecule has 4 heteroatoms. The predicted molar refractivity (Wildman–Crippen MR) is 48.2 cm³/mol. The van der Waals surface area contributed by atoms with Crippen LogP contribution in [0, 0.1) is 0 Å². The summed E-state index contributed by atoms with van der Waals surface area (Å²) in [6.45, 7) is 2.51. The van der Waals surface area contributed by atoms with Crippen molar-refractivity contribution >= 4 is 6.03 Å². The van der Waals surface area contributed by atoms with Crippen molar-refractivity contribution in [2.24, 2.45) is 0 Å². The van der Waals surface area contributed by atoms with Gasteiger partial charge >= 0.3 is 6.03 Å². The van der Waals surface area contributed by atoms with Crippen LogP contribution in [0.15, 0.2) is 0 Å². The molecule has 12 heavy (non-hydrogen) atoms. The van der Waals surface area contributed by atoms with E-state index in [0.29, 0.717) is 6.61 Å². The number of carbonyl (C=O) groups excluding carboxylic acids is 1. The molecular weight excluding hydrogens is 156 g/mol. The third kappa shape index (κ3) is 3.09. The van der Waals surface area contributed by atoms with Crippen LogP contribution in [0.4, 0.5) is 4.79 Å². The van der Waals surface area contributed by atoms with Crippen molar-refractivity contribution in [2.75, 3.05) is 34.9 Å². The van der Waals surface area contributed by atoms with Crippen LogP contribution >= 0.6 is 0 Å². The highest BCUT2D eigenvalue weighted by Gasteiger charge is 2.16. The van der Waals surface area contributed by atoms with Gasteiger partial charge in [0.05, 0.1) is 12.6 Å². The van der Waals surface area contributed by atoms with Crippen molar-refractivity contribution in [1.82, 2.24) is 9.80 Å². The lowest BCUT2D eigenvalue weighted by Crippen LogP contribution is -2.43. The van der Waals surface area contributed by atoms with Gasteiger partial charge in [-0.15, -0.1) is 0 Å². The molecule has 4 nitrogen and oxygen atoms in total. The van der Waals surface area contributed by atoms with E-state index in [9.17, 15) is 4.79 Å². The molecular formula is C8H18N2O2. The minimum atomic E-state index is -0.000417. The molecule has 0 fully saturated rings. The number of urea groups is 1. The zero-order chi connectivity index (χ0) is 9.72. The second-order valence-corrected chi connectivity index (χ2v) is 3.09. The standard InChI is InChI=1S/C8H18N2O2/c1-7(6-12-5)10(4)8(11)9(2)3/h7H,6H2,1-5H3. The maximum absolute atomic E-state index is 11.4. The van der Waals surface area contributed by atoms with E-state index in [2.05, 4.69) is 0 Å². The molecule has 0 aliphatic rings. The smallest absolute Gasteiger partial charge is 0.319 e. The number of methoxy groups -OCH3 is 1. The SMILES string of the molecule is COCC(C)N(C)C(=O)N(C)C. The molecule has 0 aliphatic heterocycles. The Kier molecular flexibility index (Phi) is 4.66. The van der Waals surface area contributed by atoms with Gasteiger partial charge in [-0.25, -0.2) is 4.79 Å². The number of carbonyl (C=O) groups is 1. The summed E-state index contributed by atoms with van der Waals surface area (Å²) in [6.07, 6.45) is 0. The van der Waals surface area contributed by atoms with Gasteiger partial charge in [-0.2, -0.15) is 0 Å². The van der Waals surface area contributed by atoms with Crippen molar-refractivity contribution in [3.63, 3.8) is 0 Å². The minimum Gasteiger partial charge on any atom is -0.383 e. The van der Waals surface area contributed by atoms with E-state index in [1.165, 1.54) is 0 Å². The quantitative estimate of drug-likeness (QED) is 0.629. The Balaban J connectivity index is 4.00. The lowest BCUT2D eigenvalue weighted by atomic mass is 10.3. The monoisotopic (exact) mass is 174 g/mol. The van der Waals surface area contributed by atoms with Gasteiger partial charge < -0.3 is 14.5 Å². The first-order valence-electron chi connectivity index (χ1n) is 3.93. The van der Waals surface area contributed by atoms with Gasteiger partial charge in [-0.1, -0.05) is 0 Å². The van der Waals surface area contributed by atoms with Gasteiger partial charge in [0.2, 0.25) is 0 Å². The van der Waals surface area contributed by atoms with E-state index >= 15 is 0 Å². The Labute approximate surface area is 74.1 Å². The van der Waals surface area contributed by atoms with Crippen LogP contribution in [0.3, 0.4) is 0 Å². The van der Waals surface area contributed by atoms with Crippen LogP contribution in [0.1, 0.15) is 6.92 Å². The van der Waals surface area contributed by atoms with E-state index in [0.717, 1.165) is 0 Å². The summed E-state index contributed by atoms with van der Waals surface area (Å²) < 4.78 is 4.94. The first-order valence-corrected chi connectivity index (χ1v) is 3.93. The molecule has 0 aromatic carbocycles. The Morgan fingerprint density at radius 1 is 1.42 bits per heavy atom. The Bertz CT molecular complexity index is 148. The molecule has 0 radical (unpaired) electrons. The van der Waals surface area contributed by atoms with Crippen molar-refractivity contribution in [3.8, 4) is 0 Å². The molecule has 2 amide bonds. The van der Waals surface area contributed by atoms with Crippen LogP contribution in [-0.4, -0.2) is 56.7 Å². The summed E-state index contributed by atoms with van der Waals surface area (Å²) in [6, 6.07) is 0.115. The van der Waals surface area contributed by atoms with E-state index in [1.54, 1.807) is 38.1 Å². The van der Waals surface area contributed by atoms with E-state index in [4.69, 9.17) is 4.74 Å². The fourth-order valence-electron chi connectivity index (χ4n) is 0.857. The summed E-state index contributed by atoms with van der Waals surface area (Å²) in [5, 5.41) is 0. The molecule has 0 aliphatic carbocycles. The van der Waals surface area contributed by atoms with E-state index in [1.807, 2.05) is 6.92 Å². The van der Waals surface area contributed by atoms with E-state index < -0.39 is 0 Å². The molecule has 0 saturated carbocycles. The molecule has 0 saturated heterocycles. The molecule has 0 N–H and O–H groups in total. The third-order valence-electron chi connectivity index (χ3n) is 1.75. The number of likely N-dealkylation sites (N-methyl/N-ethyl adjacent to an activating group) is 1. The largest absolute Gasteiger partial charge is 0.383 e. The zero-order valence-corrected chi connectivity index (χ0v) is 8.50. The molecule has 1 unspecified atom stereocenters. The van der Waals surface area contributed by atoms with Crippen LogP contribution in [0.25, 0.3) is 0 Å². The third-order valence-corrected chi connectivity index (χ3v) is 1.75. The molecule has 1 atom stereocenters. The second kappa shape index (κ2) is 4.98. The van der Waals surface area contributed by atoms with Gasteiger partial charge in [-0.05, 0) is 6.92 Å². The number of hydrogen-bond acceptors (Lipinski definition) is 2. The van der Waals surface area contributed by atoms with Crippen molar-refractivity contribution < 1.29 is 9.53 Å². The average Bonchev–Trinajstić information content (AvgIpc) is 2.02. The fraction of sp³-hybridized carbons (Fsp3) is 0.875. The summed E-state index contributed by atoms with van der Waals surface area (Å²) in [7, 11) is 6.87. The number of rotatable bonds is 3. The first-order chi connectivity index (χ1) is 5.50. The van der Waals surface area contributed by atoms with Gasteiger partial charge in [0, 0.05) is 28.3 Å². The first kappa shape index (κ1) is 11.2. The highest BCUT2D eigenvalue weighted by Crippen LogP contribution is 1.99. The normalized spacial score (nSPS) is 12.4. The Morgan fingerprint density at radius 3 is 2.25 bits per heavy atom. The lowest BCUT2D eigenvalue weighted by molar-refractivity contribution is 0.113. The van der Waals surface area contributed by atoms with Crippen LogP contribution < -0.4 is 0 Å². The molecule has 0 bridgehead atoms. The van der Waals surface area contributed by atoms with Crippen molar-refractivity contribution in [1.29, 1.82) is 0 Å². The second-order valence-electron chi connectivity index (χ2n) is 3.09. The summed E-state index contributed by atoms with van der Waals surface area (Å²) in [5.41, 5.74) is 0. The maximum Gasteiger partial charge on any atom is 0.319 e. The van der Waals surface area contributed by atoms with Gasteiger partial charge in [0.25, 0.3) is 0 Å². The molecule has 0 spiro atoms. The molecule has 0 rings (SSSR count). The minimum absolute atomic E-state index is 0.000417. The van der Waals surface area contributed by atoms with Gasteiger partial charge in [0.1, 0.15) is 0 Å². The van der Waals surface area contributed by atoms with Crippen LogP contribution in [0.2, 0.25) is 0 Å². The number of amides is 2. The molecule has 72 valence electrons. The number of nitrogens with zero attached hydrogens (tertiary/aromatic N) is 2. The highest BCUT2D eigenvalue weighted by molar-refractivity contribution is 5.73. The average molecular weight is 174 g/mol. The van der Waals surface area contributed by atoms with Crippen LogP contribution in [-0.2, 0) is 4.74 Å². The van der Waals surface area contributed by atoms with Crippen molar-refractivity contribution in [2.45, 2.75) is 13.0 Å². The molecule has 0 heterocycles. The maximum atomic E-state index is 11.4. The van der Waals surface area contributed by atoms with Gasteiger partial charge in [0.15, 0.2) is 0 Å². The highest BCUT2D eigenvalue weighted by atomic mass is 16.5. The Morgan fingerprint density at radius 2 is 1.92 bits per heavy atom. The summed E-state index contributed by atoms with van der Waals surface area (Å²) in [5.74, 6) is 0. The molecule has 0 aromatic rings. The zero-order valence-electron chi connectivity index (χ0n) is 8.50. The van der Waals surface area contributed by atoms with Crippen LogP contribution in [0.5, 0.6) is 0 Å².